The van der Waals surface area contributed by atoms with Gasteiger partial charge in [0.05, 0.1) is 26.9 Å². The van der Waals surface area contributed by atoms with Crippen LogP contribution in [0.4, 0.5) is 0 Å². The second-order valence-corrected chi connectivity index (χ2v) is 9.67. The molecule has 1 aromatic heterocycles. The van der Waals surface area contributed by atoms with Gasteiger partial charge in [-0.25, -0.2) is 4.98 Å². The van der Waals surface area contributed by atoms with Crippen LogP contribution in [0.5, 0.6) is 17.2 Å². The van der Waals surface area contributed by atoms with Gasteiger partial charge in [0.1, 0.15) is 23.8 Å². The van der Waals surface area contributed by atoms with Gasteiger partial charge in [-0.3, -0.25) is 4.90 Å². The lowest BCUT2D eigenvalue weighted by Gasteiger charge is -2.30. The first-order valence-corrected chi connectivity index (χ1v) is 13.0. The molecule has 1 aliphatic heterocycles. The zero-order valence-corrected chi connectivity index (χ0v) is 22.2. The van der Waals surface area contributed by atoms with Crippen molar-refractivity contribution in [2.45, 2.75) is 45.4 Å². The van der Waals surface area contributed by atoms with Crippen LogP contribution in [0.1, 0.15) is 30.3 Å². The Balaban J connectivity index is 1.34. The van der Waals surface area contributed by atoms with Gasteiger partial charge in [-0.2, -0.15) is 0 Å². The molecular formula is C29H39N3O5. The lowest BCUT2D eigenvalue weighted by molar-refractivity contribution is -0.0646. The fourth-order valence-corrected chi connectivity index (χ4v) is 4.54. The third-order valence-electron chi connectivity index (χ3n) is 6.52. The maximum atomic E-state index is 11.3. The average Bonchev–Trinajstić information content (AvgIpc) is 3.28. The Kier molecular flexibility index (Phi) is 9.44. The summed E-state index contributed by atoms with van der Waals surface area (Å²) in [6.07, 6.45) is 5.64. The van der Waals surface area contributed by atoms with Crippen LogP contribution in [0, 0.1) is 6.92 Å². The van der Waals surface area contributed by atoms with Gasteiger partial charge in [0.15, 0.2) is 11.5 Å². The van der Waals surface area contributed by atoms with Crippen molar-refractivity contribution in [2.24, 2.45) is 0 Å². The molecule has 1 saturated heterocycles. The summed E-state index contributed by atoms with van der Waals surface area (Å²) in [5, 5.41) is 11.3. The second-order valence-electron chi connectivity index (χ2n) is 9.67. The van der Waals surface area contributed by atoms with E-state index >= 15 is 0 Å². The van der Waals surface area contributed by atoms with E-state index in [2.05, 4.69) is 21.4 Å². The van der Waals surface area contributed by atoms with Gasteiger partial charge < -0.3 is 28.6 Å². The Bertz CT molecular complexity index is 1120. The molecule has 1 unspecified atom stereocenters. The fourth-order valence-electron chi connectivity index (χ4n) is 4.54. The first kappa shape index (κ1) is 27.0. The normalized spacial score (nSPS) is 18.4. The molecule has 4 rings (SSSR count). The van der Waals surface area contributed by atoms with Crippen molar-refractivity contribution in [3.63, 3.8) is 0 Å². The molecular weight excluding hydrogens is 470 g/mol. The van der Waals surface area contributed by atoms with E-state index in [-0.39, 0.29) is 13.2 Å². The van der Waals surface area contributed by atoms with Crippen LogP contribution in [-0.4, -0.2) is 71.8 Å². The summed E-state index contributed by atoms with van der Waals surface area (Å²) in [7, 11) is 1.65. The van der Waals surface area contributed by atoms with Gasteiger partial charge in [-0.15, -0.1) is 0 Å². The van der Waals surface area contributed by atoms with Crippen molar-refractivity contribution in [3.05, 3.63) is 71.8 Å². The highest BCUT2D eigenvalue weighted by Gasteiger charge is 2.33. The van der Waals surface area contributed by atoms with E-state index in [1.807, 2.05) is 61.8 Å². The highest BCUT2D eigenvalue weighted by Crippen LogP contribution is 2.29. The third kappa shape index (κ3) is 7.71. The van der Waals surface area contributed by atoms with Gasteiger partial charge >= 0.3 is 0 Å². The zero-order valence-electron chi connectivity index (χ0n) is 22.2. The smallest absolute Gasteiger partial charge is 0.161 e. The molecule has 0 spiro atoms. The number of hydrogen-bond acceptors (Lipinski definition) is 7. The number of aromatic nitrogens is 2. The van der Waals surface area contributed by atoms with Crippen molar-refractivity contribution in [3.8, 4) is 17.2 Å². The quantitative estimate of drug-likeness (QED) is 0.371. The number of ether oxygens (including phenoxy) is 4. The number of aryl methyl sites for hydroxylation is 3. The second kappa shape index (κ2) is 12.9. The monoisotopic (exact) mass is 509 g/mol. The topological polar surface area (TPSA) is 78.2 Å². The summed E-state index contributed by atoms with van der Waals surface area (Å²) >= 11 is 0. The molecule has 2 heterocycles. The van der Waals surface area contributed by atoms with Gasteiger partial charge in [0.2, 0.25) is 0 Å². The van der Waals surface area contributed by atoms with E-state index in [9.17, 15) is 5.11 Å². The predicted molar refractivity (Wildman–Crippen MR) is 142 cm³/mol. The molecule has 0 bridgehead atoms. The van der Waals surface area contributed by atoms with Crippen molar-refractivity contribution in [1.82, 2.24) is 14.5 Å². The van der Waals surface area contributed by atoms with E-state index in [1.54, 1.807) is 7.11 Å². The number of aliphatic hydroxyl groups is 1. The minimum Gasteiger partial charge on any atom is -0.493 e. The van der Waals surface area contributed by atoms with Crippen LogP contribution in [0.25, 0.3) is 0 Å². The van der Waals surface area contributed by atoms with E-state index in [0.29, 0.717) is 32.1 Å². The average molecular weight is 510 g/mol. The lowest BCUT2D eigenvalue weighted by atomic mass is 10.1. The molecule has 1 N–H and O–H groups in total. The zero-order chi connectivity index (χ0) is 26.1. The van der Waals surface area contributed by atoms with Gasteiger partial charge in [0.25, 0.3) is 0 Å². The minimum absolute atomic E-state index is 0.167. The van der Waals surface area contributed by atoms with Crippen molar-refractivity contribution >= 4 is 0 Å². The number of benzene rings is 2. The first-order chi connectivity index (χ1) is 18.0. The van der Waals surface area contributed by atoms with Crippen LogP contribution in [0.3, 0.4) is 0 Å². The number of rotatable bonds is 12. The van der Waals surface area contributed by atoms with Crippen molar-refractivity contribution < 1.29 is 24.1 Å². The summed E-state index contributed by atoms with van der Waals surface area (Å²) in [4.78, 5) is 6.57. The highest BCUT2D eigenvalue weighted by molar-refractivity contribution is 5.43. The predicted octanol–water partition coefficient (Wildman–Crippen LogP) is 3.87. The molecule has 8 heteroatoms. The molecule has 1 aliphatic rings. The molecule has 0 saturated carbocycles. The molecule has 0 amide bonds. The summed E-state index contributed by atoms with van der Waals surface area (Å²) in [5.41, 5.74) is 1.15. The number of hydrogen-bond donors (Lipinski definition) is 1. The molecule has 3 aromatic rings. The summed E-state index contributed by atoms with van der Waals surface area (Å²) in [6.45, 7) is 8.38. The number of methoxy groups -OCH3 is 1. The molecule has 0 aliphatic carbocycles. The Morgan fingerprint density at radius 1 is 1.11 bits per heavy atom. The Labute approximate surface area is 219 Å². The summed E-state index contributed by atoms with van der Waals surface area (Å²) in [6, 6.07) is 13.9. The molecule has 200 valence electrons. The largest absolute Gasteiger partial charge is 0.493 e. The molecule has 37 heavy (non-hydrogen) atoms. The molecule has 1 fully saturated rings. The van der Waals surface area contributed by atoms with E-state index < -0.39 is 5.60 Å². The first-order valence-electron chi connectivity index (χ1n) is 13.0. The Morgan fingerprint density at radius 2 is 1.95 bits per heavy atom. The SMILES string of the molecule is CCc1nccn1CCCOc1cc(CN2CCOCC(O)(COc3ccc(C)cc3)C2)ccc1OC. The van der Waals surface area contributed by atoms with Crippen molar-refractivity contribution in [2.75, 3.05) is 46.6 Å². The minimum atomic E-state index is -1.10. The summed E-state index contributed by atoms with van der Waals surface area (Å²) in [5.74, 6) is 3.27. The number of imidazole rings is 1. The van der Waals surface area contributed by atoms with E-state index in [4.69, 9.17) is 18.9 Å². The van der Waals surface area contributed by atoms with Crippen LogP contribution >= 0.6 is 0 Å². The van der Waals surface area contributed by atoms with Gasteiger partial charge in [0, 0.05) is 45.0 Å². The van der Waals surface area contributed by atoms with Crippen LogP contribution in [0.15, 0.2) is 54.9 Å². The Morgan fingerprint density at radius 3 is 2.73 bits per heavy atom. The maximum Gasteiger partial charge on any atom is 0.161 e. The van der Waals surface area contributed by atoms with E-state index in [1.165, 1.54) is 5.56 Å². The number of nitrogens with zero attached hydrogens (tertiary/aromatic N) is 3. The van der Waals surface area contributed by atoms with Gasteiger partial charge in [-0.1, -0.05) is 30.7 Å². The molecule has 8 nitrogen and oxygen atoms in total. The van der Waals surface area contributed by atoms with Crippen LogP contribution in [0.2, 0.25) is 0 Å². The summed E-state index contributed by atoms with van der Waals surface area (Å²) < 4.78 is 25.5. The van der Waals surface area contributed by atoms with Crippen LogP contribution in [-0.2, 0) is 24.2 Å². The lowest BCUT2D eigenvalue weighted by Crippen LogP contribution is -2.48. The Hall–Kier alpha value is -3.07. The van der Waals surface area contributed by atoms with Crippen molar-refractivity contribution in [1.29, 1.82) is 0 Å². The maximum absolute atomic E-state index is 11.3. The van der Waals surface area contributed by atoms with Crippen LogP contribution < -0.4 is 14.2 Å². The molecule has 2 aromatic carbocycles. The standard InChI is InChI=1S/C29H39N3O5/c1-4-28-30-12-14-32(28)13-5-16-36-27-18-24(8-11-26(27)34-3)19-31-15-17-35-21-29(33,20-31)22-37-25-9-6-23(2)7-10-25/h6-12,14,18,33H,4-5,13,15-17,19-22H2,1-3H3. The number of β-amino-alcohol motifs (C(OH)–C–C–N with tert-alkyl or cyclic N) is 1. The highest BCUT2D eigenvalue weighted by atomic mass is 16.5. The molecule has 0 radical (unpaired) electrons. The van der Waals surface area contributed by atoms with Gasteiger partial charge in [-0.05, 0) is 43.2 Å². The fraction of sp³-hybridized carbons (Fsp3) is 0.483. The van der Waals surface area contributed by atoms with E-state index in [0.717, 1.165) is 48.8 Å². The molecule has 1 atom stereocenters. The third-order valence-corrected chi connectivity index (χ3v) is 6.52.